The van der Waals surface area contributed by atoms with Gasteiger partial charge in [0.25, 0.3) is 0 Å². The van der Waals surface area contributed by atoms with Crippen LogP contribution in [0.4, 0.5) is 11.6 Å². The van der Waals surface area contributed by atoms with Crippen molar-refractivity contribution < 1.29 is 0 Å². The van der Waals surface area contributed by atoms with Crippen molar-refractivity contribution in [2.24, 2.45) is 0 Å². The van der Waals surface area contributed by atoms with Crippen molar-refractivity contribution in [3.05, 3.63) is 11.9 Å². The summed E-state index contributed by atoms with van der Waals surface area (Å²) in [5, 5.41) is 6.93. The highest BCUT2D eigenvalue weighted by atomic mass is 15.2. The molecule has 1 aromatic heterocycles. The number of aromatic nitrogens is 2. The molecule has 1 aromatic rings. The number of nitrogens with one attached hydrogen (secondary N) is 2. The van der Waals surface area contributed by atoms with Gasteiger partial charge >= 0.3 is 0 Å². The predicted molar refractivity (Wildman–Crippen MR) is 86.8 cm³/mol. The Labute approximate surface area is 127 Å². The van der Waals surface area contributed by atoms with E-state index in [9.17, 15) is 0 Å². The second-order valence-corrected chi connectivity index (χ2v) is 6.19. The number of rotatable bonds is 7. The molecule has 2 fully saturated rings. The van der Waals surface area contributed by atoms with Crippen LogP contribution in [-0.4, -0.2) is 46.6 Å². The number of aryl methyl sites for hydroxylation is 1. The van der Waals surface area contributed by atoms with E-state index >= 15 is 0 Å². The molecule has 5 nitrogen and oxygen atoms in total. The van der Waals surface area contributed by atoms with Gasteiger partial charge in [0.15, 0.2) is 0 Å². The summed E-state index contributed by atoms with van der Waals surface area (Å²) in [5.41, 5.74) is 0. The lowest BCUT2D eigenvalue weighted by molar-refractivity contribution is 0.326. The number of hydrogen-bond donors (Lipinski definition) is 2. The molecule has 2 N–H and O–H groups in total. The summed E-state index contributed by atoms with van der Waals surface area (Å²) < 4.78 is 0. The average Bonchev–Trinajstić information content (AvgIpc) is 3.20. The standard InChI is InChI=1S/C16H27N5/c1-3-5-14-19-15(17-4-2)10-16(20-14)18-12-8-9-21(11-12)13-6-7-13/h10,12-13H,3-9,11H2,1-2H3,(H2,17,18,19,20). The minimum absolute atomic E-state index is 0.532. The molecule has 21 heavy (non-hydrogen) atoms. The van der Waals surface area contributed by atoms with Crippen molar-refractivity contribution >= 4 is 11.6 Å². The Hall–Kier alpha value is -1.36. The summed E-state index contributed by atoms with van der Waals surface area (Å²) in [6.45, 7) is 7.55. The fourth-order valence-electron chi connectivity index (χ4n) is 3.06. The fraction of sp³-hybridized carbons (Fsp3) is 0.750. The van der Waals surface area contributed by atoms with E-state index in [-0.39, 0.29) is 0 Å². The summed E-state index contributed by atoms with van der Waals surface area (Å²) in [6.07, 6.45) is 6.03. The highest BCUT2D eigenvalue weighted by Crippen LogP contribution is 2.30. The summed E-state index contributed by atoms with van der Waals surface area (Å²) in [6, 6.07) is 3.45. The van der Waals surface area contributed by atoms with E-state index in [2.05, 4.69) is 39.3 Å². The predicted octanol–water partition coefficient (Wildman–Crippen LogP) is 2.51. The zero-order valence-electron chi connectivity index (χ0n) is 13.2. The zero-order valence-corrected chi connectivity index (χ0v) is 13.2. The molecule has 0 amide bonds. The summed E-state index contributed by atoms with van der Waals surface area (Å²) in [7, 11) is 0. The number of likely N-dealkylation sites (tertiary alicyclic amines) is 1. The monoisotopic (exact) mass is 289 g/mol. The molecule has 116 valence electrons. The van der Waals surface area contributed by atoms with Gasteiger partial charge < -0.3 is 10.6 Å². The first-order valence-corrected chi connectivity index (χ1v) is 8.41. The first-order valence-electron chi connectivity index (χ1n) is 8.41. The summed E-state index contributed by atoms with van der Waals surface area (Å²) in [5.74, 6) is 2.86. The summed E-state index contributed by atoms with van der Waals surface area (Å²) >= 11 is 0. The van der Waals surface area contributed by atoms with Gasteiger partial charge in [-0.3, -0.25) is 4.90 Å². The molecule has 1 atom stereocenters. The van der Waals surface area contributed by atoms with E-state index in [1.165, 1.54) is 25.8 Å². The van der Waals surface area contributed by atoms with Crippen LogP contribution in [0.15, 0.2) is 6.07 Å². The van der Waals surface area contributed by atoms with Crippen molar-refractivity contribution in [2.45, 2.75) is 58.0 Å². The van der Waals surface area contributed by atoms with Gasteiger partial charge in [0, 0.05) is 44.2 Å². The third-order valence-corrected chi connectivity index (χ3v) is 4.24. The van der Waals surface area contributed by atoms with Gasteiger partial charge in [-0.05, 0) is 32.6 Å². The molecule has 2 aliphatic rings. The van der Waals surface area contributed by atoms with Crippen molar-refractivity contribution in [3.8, 4) is 0 Å². The molecule has 1 saturated heterocycles. The van der Waals surface area contributed by atoms with Crippen LogP contribution in [0.5, 0.6) is 0 Å². The molecule has 0 spiro atoms. The molecule has 1 aliphatic carbocycles. The summed E-state index contributed by atoms with van der Waals surface area (Å²) in [4.78, 5) is 11.9. The van der Waals surface area contributed by atoms with Crippen LogP contribution < -0.4 is 10.6 Å². The number of anilines is 2. The van der Waals surface area contributed by atoms with Crippen LogP contribution >= 0.6 is 0 Å². The first-order chi connectivity index (χ1) is 10.3. The highest BCUT2D eigenvalue weighted by molar-refractivity contribution is 5.48. The third kappa shape index (κ3) is 3.84. The van der Waals surface area contributed by atoms with Crippen LogP contribution in [0.25, 0.3) is 0 Å². The topological polar surface area (TPSA) is 53.1 Å². The molecular weight excluding hydrogens is 262 g/mol. The van der Waals surface area contributed by atoms with Crippen LogP contribution in [0, 0.1) is 0 Å². The van der Waals surface area contributed by atoms with E-state index in [1.807, 2.05) is 6.07 Å². The molecule has 1 unspecified atom stereocenters. The van der Waals surface area contributed by atoms with Crippen LogP contribution in [-0.2, 0) is 6.42 Å². The minimum Gasteiger partial charge on any atom is -0.370 e. The highest BCUT2D eigenvalue weighted by Gasteiger charge is 2.34. The molecule has 2 heterocycles. The average molecular weight is 289 g/mol. The van der Waals surface area contributed by atoms with Crippen molar-refractivity contribution in [1.82, 2.24) is 14.9 Å². The molecule has 0 radical (unpaired) electrons. The molecular formula is C16H27N5. The molecule has 3 rings (SSSR count). The van der Waals surface area contributed by atoms with Gasteiger partial charge in [0.2, 0.25) is 0 Å². The molecule has 0 aromatic carbocycles. The van der Waals surface area contributed by atoms with Crippen molar-refractivity contribution in [3.63, 3.8) is 0 Å². The lowest BCUT2D eigenvalue weighted by Gasteiger charge is -2.17. The molecule has 0 bridgehead atoms. The van der Waals surface area contributed by atoms with E-state index in [1.54, 1.807) is 0 Å². The molecule has 5 heteroatoms. The Morgan fingerprint density at radius 2 is 2.00 bits per heavy atom. The smallest absolute Gasteiger partial charge is 0.133 e. The van der Waals surface area contributed by atoms with Gasteiger partial charge in [-0.2, -0.15) is 0 Å². The SMILES string of the molecule is CCCc1nc(NCC)cc(NC2CCN(C3CC3)C2)n1. The van der Waals surface area contributed by atoms with Gasteiger partial charge in [0.05, 0.1) is 0 Å². The largest absolute Gasteiger partial charge is 0.370 e. The van der Waals surface area contributed by atoms with Crippen LogP contribution in [0.3, 0.4) is 0 Å². The third-order valence-electron chi connectivity index (χ3n) is 4.24. The number of nitrogens with zero attached hydrogens (tertiary/aromatic N) is 3. The Kier molecular flexibility index (Phi) is 4.58. The van der Waals surface area contributed by atoms with Crippen LogP contribution in [0.2, 0.25) is 0 Å². The Balaban J connectivity index is 1.65. The maximum atomic E-state index is 4.67. The lowest BCUT2D eigenvalue weighted by Crippen LogP contribution is -2.28. The van der Waals surface area contributed by atoms with Crippen LogP contribution in [0.1, 0.15) is 45.4 Å². The maximum Gasteiger partial charge on any atom is 0.133 e. The molecule has 1 saturated carbocycles. The van der Waals surface area contributed by atoms with E-state index in [4.69, 9.17) is 0 Å². The normalized spacial score (nSPS) is 22.5. The minimum atomic E-state index is 0.532. The maximum absolute atomic E-state index is 4.67. The fourth-order valence-corrected chi connectivity index (χ4v) is 3.06. The zero-order chi connectivity index (χ0) is 14.7. The lowest BCUT2D eigenvalue weighted by atomic mass is 10.2. The van der Waals surface area contributed by atoms with Crippen molar-refractivity contribution in [1.29, 1.82) is 0 Å². The van der Waals surface area contributed by atoms with E-state index in [0.29, 0.717) is 6.04 Å². The second-order valence-electron chi connectivity index (χ2n) is 6.19. The Morgan fingerprint density at radius 1 is 1.19 bits per heavy atom. The quantitative estimate of drug-likeness (QED) is 0.808. The van der Waals surface area contributed by atoms with Gasteiger partial charge in [-0.1, -0.05) is 6.92 Å². The van der Waals surface area contributed by atoms with Crippen molar-refractivity contribution in [2.75, 3.05) is 30.3 Å². The van der Waals surface area contributed by atoms with E-state index in [0.717, 1.165) is 49.4 Å². The molecule has 1 aliphatic heterocycles. The van der Waals surface area contributed by atoms with Gasteiger partial charge in [-0.15, -0.1) is 0 Å². The Bertz CT molecular complexity index is 447. The van der Waals surface area contributed by atoms with E-state index < -0.39 is 0 Å². The number of hydrogen-bond acceptors (Lipinski definition) is 5. The first kappa shape index (κ1) is 14.6. The van der Waals surface area contributed by atoms with Gasteiger partial charge in [0.1, 0.15) is 17.5 Å². The second kappa shape index (κ2) is 6.60. The Morgan fingerprint density at radius 3 is 2.71 bits per heavy atom. The van der Waals surface area contributed by atoms with Gasteiger partial charge in [-0.25, -0.2) is 9.97 Å².